The summed E-state index contributed by atoms with van der Waals surface area (Å²) in [5, 5.41) is 0. The normalized spacial score (nSPS) is 12.9. The highest BCUT2D eigenvalue weighted by molar-refractivity contribution is 9.10. The van der Waals surface area contributed by atoms with Crippen LogP contribution in [0.1, 0.15) is 6.92 Å². The molecule has 0 saturated heterocycles. The van der Waals surface area contributed by atoms with Gasteiger partial charge in [0.05, 0.1) is 4.90 Å². The highest BCUT2D eigenvalue weighted by Gasteiger charge is 2.15. The molecule has 0 fully saturated rings. The maximum atomic E-state index is 12.2. The molecule has 1 N–H and O–H groups in total. The van der Waals surface area contributed by atoms with E-state index in [9.17, 15) is 8.42 Å². The molecule has 0 bridgehead atoms. The summed E-state index contributed by atoms with van der Waals surface area (Å²) < 4.78 is 33.2. The maximum Gasteiger partial charge on any atom is 0.240 e. The van der Waals surface area contributed by atoms with Gasteiger partial charge in [0.25, 0.3) is 0 Å². The maximum absolute atomic E-state index is 12.2. The summed E-state index contributed by atoms with van der Waals surface area (Å²) in [7, 11) is -3.53. The minimum absolute atomic E-state index is 0.198. The molecule has 0 aliphatic rings. The third kappa shape index (κ3) is 4.84. The predicted octanol–water partition coefficient (Wildman–Crippen LogP) is 3.19. The molecule has 0 radical (unpaired) electrons. The summed E-state index contributed by atoms with van der Waals surface area (Å²) in [6.45, 7) is 2.01. The van der Waals surface area contributed by atoms with Crippen molar-refractivity contribution >= 4 is 26.0 Å². The lowest BCUT2D eigenvalue weighted by atomic mass is 10.3. The van der Waals surface area contributed by atoms with Gasteiger partial charge in [0.15, 0.2) is 0 Å². The Morgan fingerprint density at radius 2 is 1.86 bits per heavy atom. The highest BCUT2D eigenvalue weighted by atomic mass is 79.9. The Labute approximate surface area is 133 Å². The van der Waals surface area contributed by atoms with E-state index >= 15 is 0 Å². The van der Waals surface area contributed by atoms with E-state index in [1.165, 1.54) is 0 Å². The van der Waals surface area contributed by atoms with Crippen molar-refractivity contribution in [3.63, 3.8) is 0 Å². The minimum Gasteiger partial charge on any atom is -0.489 e. The van der Waals surface area contributed by atoms with Gasteiger partial charge in [-0.2, -0.15) is 0 Å². The van der Waals surface area contributed by atoms with E-state index in [0.29, 0.717) is 5.75 Å². The SMILES string of the molecule is CC(CNS(=O)(=O)c1cccc(Br)c1)Oc1ccccc1. The lowest BCUT2D eigenvalue weighted by molar-refractivity contribution is 0.225. The molecule has 0 saturated carbocycles. The number of hydrogen-bond acceptors (Lipinski definition) is 3. The molecule has 0 amide bonds. The lowest BCUT2D eigenvalue weighted by Gasteiger charge is -2.15. The van der Waals surface area contributed by atoms with Crippen LogP contribution >= 0.6 is 15.9 Å². The third-order valence-electron chi connectivity index (χ3n) is 2.75. The van der Waals surface area contributed by atoms with Crippen molar-refractivity contribution in [1.82, 2.24) is 4.72 Å². The lowest BCUT2D eigenvalue weighted by Crippen LogP contribution is -2.33. The summed E-state index contributed by atoms with van der Waals surface area (Å²) in [5.41, 5.74) is 0. The Morgan fingerprint density at radius 3 is 2.52 bits per heavy atom. The molecule has 1 unspecified atom stereocenters. The molecule has 21 heavy (non-hydrogen) atoms. The van der Waals surface area contributed by atoms with Gasteiger partial charge >= 0.3 is 0 Å². The van der Waals surface area contributed by atoms with E-state index in [2.05, 4.69) is 20.7 Å². The summed E-state index contributed by atoms with van der Waals surface area (Å²) in [6.07, 6.45) is -0.269. The highest BCUT2D eigenvalue weighted by Crippen LogP contribution is 2.16. The number of nitrogens with one attached hydrogen (secondary N) is 1. The molecule has 0 aliphatic heterocycles. The van der Waals surface area contributed by atoms with Crippen LogP contribution in [0.5, 0.6) is 5.75 Å². The molecule has 1 atom stereocenters. The van der Waals surface area contributed by atoms with Crippen LogP contribution in [0.4, 0.5) is 0 Å². The Bertz CT molecular complexity index is 689. The molecule has 0 heterocycles. The van der Waals surface area contributed by atoms with Crippen molar-refractivity contribution in [2.75, 3.05) is 6.54 Å². The molecule has 6 heteroatoms. The second kappa shape index (κ2) is 7.06. The molecule has 2 aromatic carbocycles. The smallest absolute Gasteiger partial charge is 0.240 e. The van der Waals surface area contributed by atoms with Crippen LogP contribution in [0, 0.1) is 0 Å². The van der Waals surface area contributed by atoms with Gasteiger partial charge in [0, 0.05) is 11.0 Å². The molecule has 112 valence electrons. The fraction of sp³-hybridized carbons (Fsp3) is 0.200. The number of halogens is 1. The number of benzene rings is 2. The first-order chi connectivity index (χ1) is 9.97. The summed E-state index contributed by atoms with van der Waals surface area (Å²) in [6, 6.07) is 15.9. The van der Waals surface area contributed by atoms with Gasteiger partial charge in [-0.3, -0.25) is 0 Å². The molecule has 4 nitrogen and oxygen atoms in total. The van der Waals surface area contributed by atoms with Gasteiger partial charge in [-0.05, 0) is 37.3 Å². The fourth-order valence-corrected chi connectivity index (χ4v) is 3.43. The monoisotopic (exact) mass is 369 g/mol. The van der Waals surface area contributed by atoms with E-state index < -0.39 is 10.0 Å². The fourth-order valence-electron chi connectivity index (χ4n) is 1.72. The molecular weight excluding hydrogens is 354 g/mol. The Morgan fingerprint density at radius 1 is 1.14 bits per heavy atom. The molecule has 0 aromatic heterocycles. The van der Waals surface area contributed by atoms with E-state index in [-0.39, 0.29) is 17.5 Å². The Hall–Kier alpha value is -1.37. The molecule has 0 aliphatic carbocycles. The number of sulfonamides is 1. The van der Waals surface area contributed by atoms with E-state index in [1.807, 2.05) is 37.3 Å². The summed E-state index contributed by atoms with van der Waals surface area (Å²) in [4.78, 5) is 0.226. The van der Waals surface area contributed by atoms with Crippen molar-refractivity contribution < 1.29 is 13.2 Å². The van der Waals surface area contributed by atoms with E-state index in [1.54, 1.807) is 24.3 Å². The van der Waals surface area contributed by atoms with Crippen molar-refractivity contribution in [3.05, 3.63) is 59.1 Å². The average Bonchev–Trinajstić information content (AvgIpc) is 2.46. The van der Waals surface area contributed by atoms with Crippen molar-refractivity contribution in [3.8, 4) is 5.75 Å². The zero-order valence-corrected chi connectivity index (χ0v) is 13.9. The van der Waals surface area contributed by atoms with Crippen LogP contribution in [-0.2, 0) is 10.0 Å². The number of rotatable bonds is 6. The van der Waals surface area contributed by atoms with E-state index in [4.69, 9.17) is 4.74 Å². The molecular formula is C15H16BrNO3S. The number of hydrogen-bond donors (Lipinski definition) is 1. The van der Waals surface area contributed by atoms with Gasteiger partial charge in [0.1, 0.15) is 11.9 Å². The van der Waals surface area contributed by atoms with Gasteiger partial charge < -0.3 is 4.74 Å². The number of para-hydroxylation sites is 1. The molecule has 0 spiro atoms. The Balaban J connectivity index is 1.95. The molecule has 2 rings (SSSR count). The quantitative estimate of drug-likeness (QED) is 0.850. The van der Waals surface area contributed by atoms with Crippen LogP contribution in [-0.4, -0.2) is 21.1 Å². The summed E-state index contributed by atoms with van der Waals surface area (Å²) >= 11 is 3.26. The van der Waals surface area contributed by atoms with Gasteiger partial charge in [-0.15, -0.1) is 0 Å². The number of ether oxygens (including phenoxy) is 1. The first-order valence-corrected chi connectivity index (χ1v) is 8.72. The second-order valence-corrected chi connectivity index (χ2v) is 7.23. The van der Waals surface area contributed by atoms with Crippen LogP contribution in [0.15, 0.2) is 64.0 Å². The van der Waals surface area contributed by atoms with Crippen molar-refractivity contribution in [1.29, 1.82) is 0 Å². The summed E-state index contributed by atoms with van der Waals surface area (Å²) in [5.74, 6) is 0.714. The first kappa shape index (κ1) is 16.0. The predicted molar refractivity (Wildman–Crippen MR) is 85.9 cm³/mol. The zero-order valence-electron chi connectivity index (χ0n) is 11.5. The van der Waals surface area contributed by atoms with Crippen LogP contribution in [0.2, 0.25) is 0 Å². The zero-order chi connectivity index (χ0) is 15.3. The second-order valence-electron chi connectivity index (χ2n) is 4.55. The first-order valence-electron chi connectivity index (χ1n) is 6.44. The average molecular weight is 370 g/mol. The molecule has 2 aromatic rings. The Kier molecular flexibility index (Phi) is 5.39. The van der Waals surface area contributed by atoms with E-state index in [0.717, 1.165) is 4.47 Å². The van der Waals surface area contributed by atoms with Crippen molar-refractivity contribution in [2.45, 2.75) is 17.9 Å². The van der Waals surface area contributed by atoms with Crippen molar-refractivity contribution in [2.24, 2.45) is 0 Å². The standard InChI is InChI=1S/C15H16BrNO3S/c1-12(20-14-7-3-2-4-8-14)11-17-21(18,19)15-9-5-6-13(16)10-15/h2-10,12,17H,11H2,1H3. The van der Waals surface area contributed by atoms with Gasteiger partial charge in [0.2, 0.25) is 10.0 Å². The van der Waals surface area contributed by atoms with Gasteiger partial charge in [-0.25, -0.2) is 13.1 Å². The minimum atomic E-state index is -3.53. The van der Waals surface area contributed by atoms with Crippen LogP contribution in [0.3, 0.4) is 0 Å². The third-order valence-corrected chi connectivity index (χ3v) is 4.66. The van der Waals surface area contributed by atoms with Gasteiger partial charge in [-0.1, -0.05) is 40.2 Å². The largest absolute Gasteiger partial charge is 0.489 e. The van der Waals surface area contributed by atoms with Crippen LogP contribution < -0.4 is 9.46 Å². The topological polar surface area (TPSA) is 55.4 Å². The van der Waals surface area contributed by atoms with Crippen LogP contribution in [0.25, 0.3) is 0 Å².